The zero-order valence-corrected chi connectivity index (χ0v) is 14.0. The number of hydrogen-bond donors (Lipinski definition) is 1. The molecule has 1 heterocycles. The van der Waals surface area contributed by atoms with Crippen molar-refractivity contribution in [3.8, 4) is 0 Å². The van der Waals surface area contributed by atoms with Crippen molar-refractivity contribution in [1.82, 2.24) is 15.1 Å². The second-order valence-electron chi connectivity index (χ2n) is 6.36. The van der Waals surface area contributed by atoms with Crippen LogP contribution in [0.25, 0.3) is 0 Å². The zero-order chi connectivity index (χ0) is 14.7. The average Bonchev–Trinajstić information content (AvgIpc) is 2.71. The number of nitrogens with zero attached hydrogens (tertiary/aromatic N) is 2. The number of hydrogen-bond acceptors (Lipinski definition) is 2. The quantitative estimate of drug-likeness (QED) is 0.892. The second kappa shape index (κ2) is 6.95. The maximum absolute atomic E-state index is 6.42. The Morgan fingerprint density at radius 1 is 1.35 bits per heavy atom. The molecule has 2 rings (SSSR count). The van der Waals surface area contributed by atoms with Gasteiger partial charge in [0.15, 0.2) is 0 Å². The van der Waals surface area contributed by atoms with Crippen LogP contribution in [0.15, 0.2) is 0 Å². The van der Waals surface area contributed by atoms with Crippen molar-refractivity contribution in [2.24, 2.45) is 18.9 Å². The lowest BCUT2D eigenvalue weighted by Crippen LogP contribution is -2.40. The Bertz CT molecular complexity index is 439. The summed E-state index contributed by atoms with van der Waals surface area (Å²) in [6, 6.07) is 0.625. The van der Waals surface area contributed by atoms with Gasteiger partial charge in [0.2, 0.25) is 0 Å². The summed E-state index contributed by atoms with van der Waals surface area (Å²) in [4.78, 5) is 0. The van der Waals surface area contributed by atoms with E-state index in [0.717, 1.165) is 41.2 Å². The third kappa shape index (κ3) is 3.37. The highest BCUT2D eigenvalue weighted by molar-refractivity contribution is 6.31. The minimum atomic E-state index is 0.625. The van der Waals surface area contributed by atoms with Crippen LogP contribution < -0.4 is 5.32 Å². The van der Waals surface area contributed by atoms with Crippen molar-refractivity contribution < 1.29 is 0 Å². The van der Waals surface area contributed by atoms with Crippen LogP contribution in [0.4, 0.5) is 0 Å². The highest BCUT2D eigenvalue weighted by atomic mass is 35.5. The van der Waals surface area contributed by atoms with Gasteiger partial charge in [-0.25, -0.2) is 0 Å². The number of aryl methyl sites for hydroxylation is 2. The summed E-state index contributed by atoms with van der Waals surface area (Å²) in [6.07, 6.45) is 6.27. The van der Waals surface area contributed by atoms with Gasteiger partial charge in [0.1, 0.15) is 0 Å². The zero-order valence-electron chi connectivity index (χ0n) is 13.2. The van der Waals surface area contributed by atoms with Crippen molar-refractivity contribution in [3.05, 3.63) is 16.4 Å². The molecule has 0 spiro atoms. The lowest BCUT2D eigenvalue weighted by molar-refractivity contribution is 0.204. The van der Waals surface area contributed by atoms with E-state index in [4.69, 9.17) is 11.6 Å². The van der Waals surface area contributed by atoms with Gasteiger partial charge in [0.05, 0.1) is 16.4 Å². The van der Waals surface area contributed by atoms with Gasteiger partial charge in [0, 0.05) is 19.6 Å². The first kappa shape index (κ1) is 15.8. The van der Waals surface area contributed by atoms with Gasteiger partial charge >= 0.3 is 0 Å². The van der Waals surface area contributed by atoms with Crippen LogP contribution in [0.3, 0.4) is 0 Å². The lowest BCUT2D eigenvalue weighted by atomic mass is 9.78. The normalized spacial score (nSPS) is 23.5. The Hall–Kier alpha value is -0.540. The third-order valence-electron chi connectivity index (χ3n) is 4.71. The van der Waals surface area contributed by atoms with E-state index in [0.29, 0.717) is 6.04 Å². The summed E-state index contributed by atoms with van der Waals surface area (Å²) in [5, 5.41) is 9.08. The fraction of sp³-hybridized carbons (Fsp3) is 0.812. The van der Waals surface area contributed by atoms with E-state index in [2.05, 4.69) is 31.2 Å². The van der Waals surface area contributed by atoms with Crippen molar-refractivity contribution in [2.75, 3.05) is 0 Å². The van der Waals surface area contributed by atoms with Crippen LogP contribution >= 0.6 is 11.6 Å². The summed E-state index contributed by atoms with van der Waals surface area (Å²) in [6.45, 7) is 7.62. The van der Waals surface area contributed by atoms with Crippen LogP contribution in [-0.4, -0.2) is 15.8 Å². The smallest absolute Gasteiger partial charge is 0.0863 e. The van der Waals surface area contributed by atoms with E-state index < -0.39 is 0 Å². The first-order valence-electron chi connectivity index (χ1n) is 7.98. The predicted molar refractivity (Wildman–Crippen MR) is 85.0 cm³/mol. The Morgan fingerprint density at radius 3 is 2.65 bits per heavy atom. The van der Waals surface area contributed by atoms with Gasteiger partial charge < -0.3 is 5.32 Å². The Balaban J connectivity index is 2.02. The molecule has 0 bridgehead atoms. The third-order valence-corrected chi connectivity index (χ3v) is 5.15. The van der Waals surface area contributed by atoms with E-state index in [-0.39, 0.29) is 0 Å². The SMILES string of the molecule is CCc1nn(C)c(CNC2CCCCC2C(C)C)c1Cl. The van der Waals surface area contributed by atoms with Crippen LogP contribution in [-0.2, 0) is 20.0 Å². The molecule has 1 aromatic heterocycles. The van der Waals surface area contributed by atoms with Crippen LogP contribution in [0.1, 0.15) is 57.8 Å². The summed E-state index contributed by atoms with van der Waals surface area (Å²) in [7, 11) is 1.99. The van der Waals surface area contributed by atoms with Crippen molar-refractivity contribution in [3.63, 3.8) is 0 Å². The van der Waals surface area contributed by atoms with Gasteiger partial charge in [-0.3, -0.25) is 4.68 Å². The van der Waals surface area contributed by atoms with Crippen LogP contribution in [0, 0.1) is 11.8 Å². The van der Waals surface area contributed by atoms with Gasteiger partial charge in [-0.05, 0) is 31.1 Å². The Morgan fingerprint density at radius 2 is 2.05 bits per heavy atom. The molecule has 114 valence electrons. The molecule has 1 N–H and O–H groups in total. The summed E-state index contributed by atoms with van der Waals surface area (Å²) in [5.74, 6) is 1.54. The minimum Gasteiger partial charge on any atom is -0.308 e. The lowest BCUT2D eigenvalue weighted by Gasteiger charge is -2.35. The Labute approximate surface area is 128 Å². The fourth-order valence-electron chi connectivity index (χ4n) is 3.45. The first-order valence-corrected chi connectivity index (χ1v) is 8.36. The molecule has 20 heavy (non-hydrogen) atoms. The van der Waals surface area contributed by atoms with Gasteiger partial charge in [0.25, 0.3) is 0 Å². The largest absolute Gasteiger partial charge is 0.308 e. The monoisotopic (exact) mass is 297 g/mol. The number of halogens is 1. The van der Waals surface area contributed by atoms with Gasteiger partial charge in [-0.1, -0.05) is 45.2 Å². The molecule has 4 heteroatoms. The molecule has 0 saturated heterocycles. The van der Waals surface area contributed by atoms with Gasteiger partial charge in [-0.15, -0.1) is 0 Å². The molecule has 0 aliphatic heterocycles. The molecule has 2 atom stereocenters. The standard InChI is InChI=1S/C16H28ClN3/c1-5-13-16(17)15(20(4)19-13)10-18-14-9-7-6-8-12(14)11(2)3/h11-12,14,18H,5-10H2,1-4H3. The van der Waals surface area contributed by atoms with E-state index in [1.54, 1.807) is 0 Å². The van der Waals surface area contributed by atoms with E-state index in [9.17, 15) is 0 Å². The molecule has 2 unspecified atom stereocenters. The number of nitrogens with one attached hydrogen (secondary N) is 1. The molecule has 1 aliphatic rings. The minimum absolute atomic E-state index is 0.625. The van der Waals surface area contributed by atoms with E-state index in [1.165, 1.54) is 25.7 Å². The topological polar surface area (TPSA) is 29.9 Å². The summed E-state index contributed by atoms with van der Waals surface area (Å²) >= 11 is 6.42. The van der Waals surface area contributed by atoms with Crippen molar-refractivity contribution >= 4 is 11.6 Å². The predicted octanol–water partition coefficient (Wildman–Crippen LogP) is 3.94. The van der Waals surface area contributed by atoms with Crippen molar-refractivity contribution in [2.45, 2.75) is 65.5 Å². The maximum Gasteiger partial charge on any atom is 0.0863 e. The van der Waals surface area contributed by atoms with Crippen molar-refractivity contribution in [1.29, 1.82) is 0 Å². The molecule has 0 aromatic carbocycles. The Kier molecular flexibility index (Phi) is 5.50. The molecule has 1 aromatic rings. The molecular formula is C16H28ClN3. The molecule has 1 aliphatic carbocycles. The number of rotatable bonds is 5. The molecule has 0 amide bonds. The molecule has 3 nitrogen and oxygen atoms in total. The maximum atomic E-state index is 6.42. The highest BCUT2D eigenvalue weighted by Gasteiger charge is 2.27. The molecule has 0 radical (unpaired) electrons. The van der Waals surface area contributed by atoms with Gasteiger partial charge in [-0.2, -0.15) is 5.10 Å². The highest BCUT2D eigenvalue weighted by Crippen LogP contribution is 2.30. The van der Waals surface area contributed by atoms with Crippen LogP contribution in [0.5, 0.6) is 0 Å². The molecule has 1 fully saturated rings. The van der Waals surface area contributed by atoms with E-state index >= 15 is 0 Å². The first-order chi connectivity index (χ1) is 9.54. The van der Waals surface area contributed by atoms with Crippen LogP contribution in [0.2, 0.25) is 5.02 Å². The summed E-state index contributed by atoms with van der Waals surface area (Å²) < 4.78 is 1.93. The number of aromatic nitrogens is 2. The summed E-state index contributed by atoms with van der Waals surface area (Å²) in [5.41, 5.74) is 2.13. The second-order valence-corrected chi connectivity index (χ2v) is 6.74. The molecule has 1 saturated carbocycles. The average molecular weight is 298 g/mol. The fourth-order valence-corrected chi connectivity index (χ4v) is 3.81. The van der Waals surface area contributed by atoms with E-state index in [1.807, 2.05) is 11.7 Å². The molecular weight excluding hydrogens is 270 g/mol.